The molecule has 1 aromatic carbocycles. The molecule has 110 valence electrons. The van der Waals surface area contributed by atoms with Gasteiger partial charge in [-0.05, 0) is 37.9 Å². The second-order valence-corrected chi connectivity index (χ2v) is 5.35. The van der Waals surface area contributed by atoms with Crippen molar-refractivity contribution in [2.75, 3.05) is 37.9 Å². The molecule has 0 aliphatic carbocycles. The highest BCUT2D eigenvalue weighted by Crippen LogP contribution is 2.36. The molecule has 5 heteroatoms. The van der Waals surface area contributed by atoms with Crippen molar-refractivity contribution < 1.29 is 14.6 Å². The van der Waals surface area contributed by atoms with Crippen molar-refractivity contribution >= 4 is 5.69 Å². The van der Waals surface area contributed by atoms with Crippen molar-refractivity contribution in [3.05, 3.63) is 18.2 Å². The third-order valence-corrected chi connectivity index (χ3v) is 3.91. The molecule has 0 spiro atoms. The van der Waals surface area contributed by atoms with Crippen LogP contribution in [0.25, 0.3) is 0 Å². The summed E-state index contributed by atoms with van der Waals surface area (Å²) in [5.41, 5.74) is 1.20. The Morgan fingerprint density at radius 2 is 2.20 bits per heavy atom. The van der Waals surface area contributed by atoms with Gasteiger partial charge in [0, 0.05) is 37.5 Å². The minimum Gasteiger partial charge on any atom is -0.454 e. The summed E-state index contributed by atoms with van der Waals surface area (Å²) >= 11 is 0. The van der Waals surface area contributed by atoms with Gasteiger partial charge < -0.3 is 24.8 Å². The first-order valence-corrected chi connectivity index (χ1v) is 7.35. The van der Waals surface area contributed by atoms with Gasteiger partial charge in [-0.3, -0.25) is 0 Å². The lowest BCUT2D eigenvalue weighted by atomic mass is 10.0. The summed E-state index contributed by atoms with van der Waals surface area (Å²) in [6.45, 7) is 3.55. The molecular formula is C15H22N2O3. The van der Waals surface area contributed by atoms with Crippen molar-refractivity contribution in [2.45, 2.75) is 25.3 Å². The third-order valence-electron chi connectivity index (χ3n) is 3.91. The number of hydrogen-bond acceptors (Lipinski definition) is 5. The molecule has 1 unspecified atom stereocenters. The van der Waals surface area contributed by atoms with Crippen LogP contribution in [0.15, 0.2) is 18.2 Å². The topological polar surface area (TPSA) is 54.0 Å². The minimum absolute atomic E-state index is 0.256. The quantitative estimate of drug-likeness (QED) is 0.796. The lowest BCUT2D eigenvalue weighted by Crippen LogP contribution is -2.46. The van der Waals surface area contributed by atoms with Gasteiger partial charge in [0.1, 0.15) is 0 Å². The van der Waals surface area contributed by atoms with Crippen LogP contribution in [0.5, 0.6) is 11.5 Å². The van der Waals surface area contributed by atoms with Gasteiger partial charge in [-0.1, -0.05) is 0 Å². The number of hydrogen-bond donors (Lipinski definition) is 2. The maximum Gasteiger partial charge on any atom is 0.231 e. The van der Waals surface area contributed by atoms with E-state index in [0.29, 0.717) is 12.8 Å². The first kappa shape index (κ1) is 13.5. The van der Waals surface area contributed by atoms with E-state index in [-0.39, 0.29) is 6.61 Å². The van der Waals surface area contributed by atoms with Crippen LogP contribution in [0.3, 0.4) is 0 Å². The Kier molecular flexibility index (Phi) is 4.28. The van der Waals surface area contributed by atoms with Crippen molar-refractivity contribution in [1.82, 2.24) is 5.32 Å². The Bertz CT molecular complexity index is 453. The number of nitrogens with zero attached hydrogens (tertiary/aromatic N) is 1. The van der Waals surface area contributed by atoms with E-state index >= 15 is 0 Å². The molecule has 1 fully saturated rings. The van der Waals surface area contributed by atoms with Gasteiger partial charge in [0.25, 0.3) is 0 Å². The van der Waals surface area contributed by atoms with Gasteiger partial charge >= 0.3 is 0 Å². The third kappa shape index (κ3) is 2.99. The van der Waals surface area contributed by atoms with E-state index in [1.165, 1.54) is 18.5 Å². The molecule has 0 amide bonds. The molecule has 3 rings (SSSR count). The van der Waals surface area contributed by atoms with E-state index in [2.05, 4.69) is 22.3 Å². The van der Waals surface area contributed by atoms with Crippen LogP contribution in [0.4, 0.5) is 5.69 Å². The maximum absolute atomic E-state index is 8.84. The number of rotatable bonds is 5. The highest BCUT2D eigenvalue weighted by molar-refractivity contribution is 5.57. The zero-order valence-corrected chi connectivity index (χ0v) is 11.7. The number of benzene rings is 1. The number of ether oxygens (including phenoxy) is 2. The number of anilines is 1. The maximum atomic E-state index is 8.84. The van der Waals surface area contributed by atoms with Crippen LogP contribution < -0.4 is 19.7 Å². The number of piperidine rings is 1. The van der Waals surface area contributed by atoms with Gasteiger partial charge in [-0.25, -0.2) is 0 Å². The molecule has 0 aromatic heterocycles. The smallest absolute Gasteiger partial charge is 0.231 e. The monoisotopic (exact) mass is 278 g/mol. The Morgan fingerprint density at radius 3 is 3.10 bits per heavy atom. The van der Waals surface area contributed by atoms with Gasteiger partial charge in [0.05, 0.1) is 0 Å². The van der Waals surface area contributed by atoms with E-state index in [9.17, 15) is 0 Å². The molecule has 2 N–H and O–H groups in total. The summed E-state index contributed by atoms with van der Waals surface area (Å²) in [6.07, 6.45) is 3.21. The second-order valence-electron chi connectivity index (χ2n) is 5.35. The normalized spacial score (nSPS) is 21.2. The van der Waals surface area contributed by atoms with E-state index in [4.69, 9.17) is 14.6 Å². The van der Waals surface area contributed by atoms with Crippen LogP contribution in [0, 0.1) is 0 Å². The molecule has 20 heavy (non-hydrogen) atoms. The van der Waals surface area contributed by atoms with E-state index in [0.717, 1.165) is 37.6 Å². The van der Waals surface area contributed by atoms with Crippen LogP contribution in [-0.2, 0) is 0 Å². The van der Waals surface area contributed by atoms with Gasteiger partial charge in [-0.2, -0.15) is 0 Å². The lowest BCUT2D eigenvalue weighted by molar-refractivity contribution is 0.174. The number of aliphatic hydroxyl groups excluding tert-OH is 1. The molecule has 1 saturated heterocycles. The fourth-order valence-electron chi connectivity index (χ4n) is 2.85. The van der Waals surface area contributed by atoms with Crippen molar-refractivity contribution in [2.24, 2.45) is 0 Å². The largest absolute Gasteiger partial charge is 0.454 e. The second kappa shape index (κ2) is 6.33. The fraction of sp³-hybridized carbons (Fsp3) is 0.600. The molecule has 0 radical (unpaired) electrons. The molecule has 1 aromatic rings. The zero-order valence-electron chi connectivity index (χ0n) is 11.7. The Labute approximate surface area is 119 Å². The highest BCUT2D eigenvalue weighted by atomic mass is 16.7. The minimum atomic E-state index is 0.256. The molecule has 2 aliphatic heterocycles. The van der Waals surface area contributed by atoms with Crippen LogP contribution in [0.1, 0.15) is 19.3 Å². The van der Waals surface area contributed by atoms with Gasteiger partial charge in [0.2, 0.25) is 6.79 Å². The average Bonchev–Trinajstić information content (AvgIpc) is 2.95. The molecular weight excluding hydrogens is 256 g/mol. The summed E-state index contributed by atoms with van der Waals surface area (Å²) in [5.74, 6) is 1.68. The van der Waals surface area contributed by atoms with Crippen LogP contribution >= 0.6 is 0 Å². The van der Waals surface area contributed by atoms with E-state index in [1.807, 2.05) is 6.07 Å². The molecule has 0 saturated carbocycles. The summed E-state index contributed by atoms with van der Waals surface area (Å²) in [4.78, 5) is 2.39. The highest BCUT2D eigenvalue weighted by Gasteiger charge is 2.21. The summed E-state index contributed by atoms with van der Waals surface area (Å²) in [7, 11) is 0. The Morgan fingerprint density at radius 1 is 1.30 bits per heavy atom. The standard InChI is InChI=1S/C15H22N2O3/c18-8-2-6-16-12-3-1-7-17(10-12)13-4-5-14-15(9-13)20-11-19-14/h4-5,9,12,16,18H,1-3,6-8,10-11H2. The van der Waals surface area contributed by atoms with Crippen molar-refractivity contribution in [1.29, 1.82) is 0 Å². The molecule has 0 bridgehead atoms. The zero-order chi connectivity index (χ0) is 13.8. The molecule has 1 atom stereocenters. The first-order valence-electron chi connectivity index (χ1n) is 7.35. The summed E-state index contributed by atoms with van der Waals surface area (Å²) < 4.78 is 10.8. The molecule has 5 nitrogen and oxygen atoms in total. The number of nitrogens with one attached hydrogen (secondary N) is 1. The number of aliphatic hydroxyl groups is 1. The van der Waals surface area contributed by atoms with Gasteiger partial charge in [0.15, 0.2) is 11.5 Å². The molecule has 2 aliphatic rings. The predicted octanol–water partition coefficient (Wildman–Crippen LogP) is 1.36. The van der Waals surface area contributed by atoms with Crippen LogP contribution in [-0.4, -0.2) is 44.2 Å². The Balaban J connectivity index is 1.61. The van der Waals surface area contributed by atoms with Crippen molar-refractivity contribution in [3.63, 3.8) is 0 Å². The summed E-state index contributed by atoms with van der Waals surface area (Å²) in [6, 6.07) is 6.66. The Hall–Kier alpha value is -1.46. The van der Waals surface area contributed by atoms with E-state index < -0.39 is 0 Å². The molecule has 2 heterocycles. The first-order chi connectivity index (χ1) is 9.86. The fourth-order valence-corrected chi connectivity index (χ4v) is 2.85. The predicted molar refractivity (Wildman–Crippen MR) is 77.5 cm³/mol. The SMILES string of the molecule is OCCCNC1CCCN(c2ccc3c(c2)OCO3)C1. The van der Waals surface area contributed by atoms with Gasteiger partial charge in [-0.15, -0.1) is 0 Å². The van der Waals surface area contributed by atoms with E-state index in [1.54, 1.807) is 0 Å². The average molecular weight is 278 g/mol. The summed E-state index contributed by atoms with van der Waals surface area (Å²) in [5, 5.41) is 12.4. The lowest BCUT2D eigenvalue weighted by Gasteiger charge is -2.35. The van der Waals surface area contributed by atoms with Crippen molar-refractivity contribution in [3.8, 4) is 11.5 Å². The number of fused-ring (bicyclic) bond motifs is 1. The van der Waals surface area contributed by atoms with Crippen LogP contribution in [0.2, 0.25) is 0 Å².